The number of rotatable bonds is 30. The zero-order valence-electron chi connectivity index (χ0n) is 26.1. The van der Waals surface area contributed by atoms with Crippen LogP contribution in [-0.2, 0) is 32.7 Å². The second-order valence-corrected chi connectivity index (χ2v) is 12.6. The van der Waals surface area contributed by atoms with Gasteiger partial charge in [-0.05, 0) is 6.42 Å². The number of aliphatic hydroxyl groups is 1. The lowest BCUT2D eigenvalue weighted by Crippen LogP contribution is -2.42. The smallest absolute Gasteiger partial charge is 0.472 e. The van der Waals surface area contributed by atoms with Gasteiger partial charge in [0.25, 0.3) is 0 Å². The minimum Gasteiger partial charge on any atom is -0.480 e. The van der Waals surface area contributed by atoms with Gasteiger partial charge in [0.1, 0.15) is 12.7 Å². The molecule has 0 bridgehead atoms. The van der Waals surface area contributed by atoms with Gasteiger partial charge in [-0.2, -0.15) is 0 Å². The van der Waals surface area contributed by atoms with E-state index in [1.807, 2.05) is 5.32 Å². The standard InChI is InChI=1S/C30H58NO10P/c1-3-4-5-6-7-8-9-10-11-12-13-14-15-16-17-18-19-20-21-22-29(34)39-23-27(33)24-40-42(37,38)41-25-28(30(35)36)31-26(2)32/h27-28,33H,3-25H2,1-2H3,(H,31,32)(H,35,36)(H,37,38). The monoisotopic (exact) mass is 623 g/mol. The molecular formula is C30H58NO10P. The van der Waals surface area contributed by atoms with E-state index in [0.717, 1.165) is 26.2 Å². The quantitative estimate of drug-likeness (QED) is 0.0397. The lowest BCUT2D eigenvalue weighted by atomic mass is 10.0. The minimum atomic E-state index is -4.70. The zero-order valence-corrected chi connectivity index (χ0v) is 27.0. The molecule has 0 rings (SSSR count). The molecule has 0 heterocycles. The average Bonchev–Trinajstić information content (AvgIpc) is 2.94. The Morgan fingerprint density at radius 3 is 1.50 bits per heavy atom. The van der Waals surface area contributed by atoms with Crippen molar-refractivity contribution in [2.45, 2.75) is 154 Å². The molecule has 0 saturated heterocycles. The fraction of sp³-hybridized carbons (Fsp3) is 0.900. The summed E-state index contributed by atoms with van der Waals surface area (Å²) in [5, 5.41) is 20.8. The molecule has 0 aromatic carbocycles. The highest BCUT2D eigenvalue weighted by molar-refractivity contribution is 7.47. The normalized spacial score (nSPS) is 14.2. The third-order valence-corrected chi connectivity index (χ3v) is 7.88. The van der Waals surface area contributed by atoms with Gasteiger partial charge in [0.2, 0.25) is 5.91 Å². The molecule has 0 radical (unpaired) electrons. The maximum Gasteiger partial charge on any atom is 0.472 e. The van der Waals surface area contributed by atoms with Crippen LogP contribution in [0.25, 0.3) is 0 Å². The topological polar surface area (TPSA) is 169 Å². The summed E-state index contributed by atoms with van der Waals surface area (Å²) >= 11 is 0. The van der Waals surface area contributed by atoms with Crippen LogP contribution >= 0.6 is 7.82 Å². The number of nitrogens with one attached hydrogen (secondary N) is 1. The largest absolute Gasteiger partial charge is 0.480 e. The molecule has 0 aromatic heterocycles. The highest BCUT2D eigenvalue weighted by Crippen LogP contribution is 2.43. The molecule has 0 aliphatic carbocycles. The van der Waals surface area contributed by atoms with E-state index >= 15 is 0 Å². The first-order valence-electron chi connectivity index (χ1n) is 16.0. The summed E-state index contributed by atoms with van der Waals surface area (Å²) in [4.78, 5) is 43.5. The number of phosphoric ester groups is 1. The molecule has 42 heavy (non-hydrogen) atoms. The van der Waals surface area contributed by atoms with Gasteiger partial charge in [-0.15, -0.1) is 0 Å². The Bertz CT molecular complexity index is 752. The Labute approximate surface area is 253 Å². The lowest BCUT2D eigenvalue weighted by Gasteiger charge is -2.18. The van der Waals surface area contributed by atoms with Gasteiger partial charge in [0.15, 0.2) is 6.04 Å². The number of amides is 1. The molecule has 248 valence electrons. The Balaban J connectivity index is 3.60. The predicted molar refractivity (Wildman–Crippen MR) is 162 cm³/mol. The lowest BCUT2D eigenvalue weighted by molar-refractivity contribution is -0.147. The van der Waals surface area contributed by atoms with E-state index < -0.39 is 57.6 Å². The van der Waals surface area contributed by atoms with E-state index in [2.05, 4.69) is 16.0 Å². The molecule has 0 spiro atoms. The Morgan fingerprint density at radius 1 is 0.690 bits per heavy atom. The number of ether oxygens (including phenoxy) is 1. The summed E-state index contributed by atoms with van der Waals surface area (Å²) in [7, 11) is -4.70. The molecule has 1 amide bonds. The molecular weight excluding hydrogens is 565 g/mol. The molecule has 0 aromatic rings. The molecule has 0 fully saturated rings. The van der Waals surface area contributed by atoms with Gasteiger partial charge in [-0.3, -0.25) is 18.6 Å². The van der Waals surface area contributed by atoms with Crippen LogP contribution in [0.1, 0.15) is 142 Å². The van der Waals surface area contributed by atoms with E-state index in [1.54, 1.807) is 0 Å². The first-order chi connectivity index (χ1) is 20.1. The number of carbonyl (C=O) groups is 3. The number of hydrogen-bond donors (Lipinski definition) is 4. The molecule has 3 atom stereocenters. The molecule has 4 N–H and O–H groups in total. The van der Waals surface area contributed by atoms with Crippen molar-refractivity contribution < 1.29 is 47.8 Å². The molecule has 3 unspecified atom stereocenters. The highest BCUT2D eigenvalue weighted by Gasteiger charge is 2.28. The SMILES string of the molecule is CCCCCCCCCCCCCCCCCCCCCC(=O)OCC(O)COP(=O)(O)OCC(NC(C)=O)C(=O)O. The number of aliphatic carboxylic acids is 1. The van der Waals surface area contributed by atoms with E-state index in [4.69, 9.17) is 9.84 Å². The van der Waals surface area contributed by atoms with Gasteiger partial charge in [-0.1, -0.05) is 122 Å². The second kappa shape index (κ2) is 27.1. The van der Waals surface area contributed by atoms with Crippen LogP contribution in [0.3, 0.4) is 0 Å². The first kappa shape index (κ1) is 40.5. The number of phosphoric acid groups is 1. The third-order valence-electron chi connectivity index (χ3n) is 6.93. The maximum atomic E-state index is 11.9. The van der Waals surface area contributed by atoms with Gasteiger partial charge in [-0.25, -0.2) is 9.36 Å². The molecule has 11 nitrogen and oxygen atoms in total. The molecule has 0 aliphatic heterocycles. The van der Waals surface area contributed by atoms with Crippen LogP contribution in [0.15, 0.2) is 0 Å². The summed E-state index contributed by atoms with van der Waals surface area (Å²) < 4.78 is 26.0. The van der Waals surface area contributed by atoms with Crippen molar-refractivity contribution in [2.75, 3.05) is 19.8 Å². The Morgan fingerprint density at radius 2 is 1.10 bits per heavy atom. The van der Waals surface area contributed by atoms with Crippen molar-refractivity contribution >= 4 is 25.7 Å². The van der Waals surface area contributed by atoms with Crippen molar-refractivity contribution in [1.29, 1.82) is 0 Å². The summed E-state index contributed by atoms with van der Waals surface area (Å²) in [6.07, 6.45) is 23.0. The van der Waals surface area contributed by atoms with Gasteiger partial charge in [0.05, 0.1) is 13.2 Å². The van der Waals surface area contributed by atoms with Crippen molar-refractivity contribution in [2.24, 2.45) is 0 Å². The summed E-state index contributed by atoms with van der Waals surface area (Å²) in [6.45, 7) is 1.45. The van der Waals surface area contributed by atoms with Gasteiger partial charge < -0.3 is 25.2 Å². The van der Waals surface area contributed by atoms with E-state index in [9.17, 15) is 28.9 Å². The second-order valence-electron chi connectivity index (χ2n) is 11.1. The number of unbranched alkanes of at least 4 members (excludes halogenated alkanes) is 18. The Kier molecular flexibility index (Phi) is 26.1. The number of carbonyl (C=O) groups excluding carboxylic acids is 2. The summed E-state index contributed by atoms with van der Waals surface area (Å²) in [5.41, 5.74) is 0. The van der Waals surface area contributed by atoms with Crippen molar-refractivity contribution in [1.82, 2.24) is 5.32 Å². The van der Waals surface area contributed by atoms with Crippen LogP contribution in [0.4, 0.5) is 0 Å². The predicted octanol–water partition coefficient (Wildman–Crippen LogP) is 6.44. The van der Waals surface area contributed by atoms with E-state index in [1.165, 1.54) is 96.3 Å². The number of carboxylic acid groups (broad SMARTS) is 1. The molecule has 12 heteroatoms. The van der Waals surface area contributed by atoms with Crippen molar-refractivity contribution in [3.8, 4) is 0 Å². The Hall–Kier alpha value is -1.52. The van der Waals surface area contributed by atoms with Crippen LogP contribution in [0.5, 0.6) is 0 Å². The maximum absolute atomic E-state index is 11.9. The van der Waals surface area contributed by atoms with Crippen molar-refractivity contribution in [3.63, 3.8) is 0 Å². The van der Waals surface area contributed by atoms with Crippen LogP contribution in [0.2, 0.25) is 0 Å². The highest BCUT2D eigenvalue weighted by atomic mass is 31.2. The zero-order chi connectivity index (χ0) is 31.5. The first-order valence-corrected chi connectivity index (χ1v) is 17.5. The van der Waals surface area contributed by atoms with E-state index in [0.29, 0.717) is 6.42 Å². The van der Waals surface area contributed by atoms with Gasteiger partial charge in [0, 0.05) is 13.3 Å². The minimum absolute atomic E-state index is 0.230. The fourth-order valence-corrected chi connectivity index (χ4v) is 5.24. The van der Waals surface area contributed by atoms with Crippen molar-refractivity contribution in [3.05, 3.63) is 0 Å². The number of hydrogen-bond acceptors (Lipinski definition) is 8. The average molecular weight is 624 g/mol. The van der Waals surface area contributed by atoms with Crippen LogP contribution < -0.4 is 5.32 Å². The third kappa shape index (κ3) is 27.3. The number of aliphatic hydroxyl groups excluding tert-OH is 1. The van der Waals surface area contributed by atoms with Gasteiger partial charge >= 0.3 is 19.8 Å². The summed E-state index contributed by atoms with van der Waals surface area (Å²) in [6, 6.07) is -1.54. The molecule has 0 aliphatic rings. The number of carboxylic acids is 1. The fourth-order valence-electron chi connectivity index (χ4n) is 4.46. The molecule has 0 saturated carbocycles. The summed E-state index contributed by atoms with van der Waals surface area (Å²) in [5.74, 6) is -2.58. The number of esters is 1. The van der Waals surface area contributed by atoms with Crippen LogP contribution in [0, 0.1) is 0 Å². The van der Waals surface area contributed by atoms with E-state index in [-0.39, 0.29) is 6.42 Å². The van der Waals surface area contributed by atoms with Crippen LogP contribution in [-0.4, -0.2) is 64.9 Å².